The van der Waals surface area contributed by atoms with E-state index in [1.807, 2.05) is 0 Å². The summed E-state index contributed by atoms with van der Waals surface area (Å²) in [6, 6.07) is 2.36. The molecule has 146 valence electrons. The molecule has 1 fully saturated rings. The summed E-state index contributed by atoms with van der Waals surface area (Å²) in [5.41, 5.74) is 18.4. The number of thiophene rings is 1. The van der Waals surface area contributed by atoms with Gasteiger partial charge in [-0.2, -0.15) is 0 Å². The molecule has 1 saturated heterocycles. The van der Waals surface area contributed by atoms with Crippen molar-refractivity contribution in [2.24, 2.45) is 11.5 Å². The van der Waals surface area contributed by atoms with Crippen LogP contribution < -0.4 is 27.4 Å². The molecule has 9 heteroatoms. The van der Waals surface area contributed by atoms with Gasteiger partial charge < -0.3 is 27.4 Å². The van der Waals surface area contributed by atoms with Crippen LogP contribution in [0, 0.1) is 0 Å². The van der Waals surface area contributed by atoms with Gasteiger partial charge in [-0.25, -0.2) is 4.98 Å². The van der Waals surface area contributed by atoms with E-state index in [-0.39, 0.29) is 18.5 Å². The summed E-state index contributed by atoms with van der Waals surface area (Å²) in [6.45, 7) is 3.99. The van der Waals surface area contributed by atoms with Gasteiger partial charge in [-0.05, 0) is 30.9 Å². The lowest BCUT2D eigenvalue weighted by Gasteiger charge is -2.33. The molecule has 0 bridgehead atoms. The number of rotatable bonds is 7. The summed E-state index contributed by atoms with van der Waals surface area (Å²) in [5.74, 6) is 0.0479. The van der Waals surface area contributed by atoms with E-state index in [0.29, 0.717) is 10.6 Å². The SMILES string of the molecule is CCCc1cc(N2CCC(NCC(N)=O)CC2)nc2sc(C(N)=O)c(N)c12. The molecule has 8 nitrogen and oxygen atoms in total. The van der Waals surface area contributed by atoms with Crippen LogP contribution in [0.5, 0.6) is 0 Å². The number of hydrogen-bond donors (Lipinski definition) is 4. The Morgan fingerprint density at radius 1 is 1.33 bits per heavy atom. The lowest BCUT2D eigenvalue weighted by molar-refractivity contribution is -0.117. The Morgan fingerprint density at radius 2 is 2.04 bits per heavy atom. The maximum atomic E-state index is 11.7. The first-order valence-corrected chi connectivity index (χ1v) is 10.0. The lowest BCUT2D eigenvalue weighted by Crippen LogP contribution is -2.45. The maximum absolute atomic E-state index is 11.7. The zero-order chi connectivity index (χ0) is 19.6. The quantitative estimate of drug-likeness (QED) is 0.555. The van der Waals surface area contributed by atoms with Crippen LogP contribution in [0.2, 0.25) is 0 Å². The molecule has 0 atom stereocenters. The predicted molar refractivity (Wildman–Crippen MR) is 109 cm³/mol. The molecule has 3 rings (SSSR count). The summed E-state index contributed by atoms with van der Waals surface area (Å²) < 4.78 is 0. The lowest BCUT2D eigenvalue weighted by atomic mass is 10.0. The van der Waals surface area contributed by atoms with Crippen LogP contribution in [0.4, 0.5) is 11.5 Å². The Kier molecular flexibility index (Phi) is 5.81. The third-order valence-electron chi connectivity index (χ3n) is 4.89. The molecule has 3 heterocycles. The zero-order valence-corrected chi connectivity index (χ0v) is 16.3. The number of hydrogen-bond acceptors (Lipinski definition) is 7. The standard InChI is InChI=1S/C18H26N6O2S/c1-2-3-10-8-13(23-18-14(10)15(20)16(27-18)17(21)26)24-6-4-11(5-7-24)22-9-12(19)25/h8,11,22H,2-7,9,20H2,1H3,(H2,19,25)(H2,21,26). The number of aryl methyl sites for hydroxylation is 1. The minimum absolute atomic E-state index is 0.208. The highest BCUT2D eigenvalue weighted by Crippen LogP contribution is 2.37. The fourth-order valence-electron chi connectivity index (χ4n) is 3.55. The van der Waals surface area contributed by atoms with Gasteiger partial charge in [0, 0.05) is 24.5 Å². The number of piperidine rings is 1. The number of nitrogens with one attached hydrogen (secondary N) is 1. The monoisotopic (exact) mass is 390 g/mol. The molecule has 0 aromatic carbocycles. The average Bonchev–Trinajstić information content (AvgIpc) is 2.98. The molecule has 0 radical (unpaired) electrons. The van der Waals surface area contributed by atoms with Crippen molar-refractivity contribution in [3.05, 3.63) is 16.5 Å². The molecule has 2 amide bonds. The highest BCUT2D eigenvalue weighted by Gasteiger charge is 2.23. The van der Waals surface area contributed by atoms with Gasteiger partial charge in [-0.3, -0.25) is 9.59 Å². The number of fused-ring (bicyclic) bond motifs is 1. The Bertz CT molecular complexity index is 857. The molecular weight excluding hydrogens is 364 g/mol. The van der Waals surface area contributed by atoms with E-state index in [1.54, 1.807) is 0 Å². The molecule has 0 spiro atoms. The number of nitrogen functional groups attached to an aromatic ring is 1. The van der Waals surface area contributed by atoms with Gasteiger partial charge in [0.05, 0.1) is 12.2 Å². The van der Waals surface area contributed by atoms with Crippen LogP contribution in [0.15, 0.2) is 6.07 Å². The van der Waals surface area contributed by atoms with Crippen molar-refractivity contribution in [2.75, 3.05) is 30.3 Å². The maximum Gasteiger partial charge on any atom is 0.260 e. The third-order valence-corrected chi connectivity index (χ3v) is 6.01. The zero-order valence-electron chi connectivity index (χ0n) is 15.5. The minimum atomic E-state index is -0.513. The van der Waals surface area contributed by atoms with E-state index in [1.165, 1.54) is 11.3 Å². The number of nitrogens with two attached hydrogens (primary N) is 3. The number of primary amides is 2. The first-order chi connectivity index (χ1) is 12.9. The summed E-state index contributed by atoms with van der Waals surface area (Å²) in [4.78, 5) is 30.7. The second-order valence-corrected chi connectivity index (χ2v) is 7.89. The predicted octanol–water partition coefficient (Wildman–Crippen LogP) is 0.974. The third kappa shape index (κ3) is 4.14. The van der Waals surface area contributed by atoms with Gasteiger partial charge >= 0.3 is 0 Å². The van der Waals surface area contributed by atoms with E-state index >= 15 is 0 Å². The molecule has 27 heavy (non-hydrogen) atoms. The van der Waals surface area contributed by atoms with Gasteiger partial charge in [0.1, 0.15) is 15.5 Å². The van der Waals surface area contributed by atoms with Crippen molar-refractivity contribution in [3.8, 4) is 0 Å². The Morgan fingerprint density at radius 3 is 2.63 bits per heavy atom. The Hall–Kier alpha value is -2.39. The van der Waals surface area contributed by atoms with Crippen molar-refractivity contribution in [1.82, 2.24) is 10.3 Å². The fourth-order valence-corrected chi connectivity index (χ4v) is 4.54. The first-order valence-electron chi connectivity index (χ1n) is 9.19. The van der Waals surface area contributed by atoms with Crippen molar-refractivity contribution in [2.45, 2.75) is 38.6 Å². The topological polar surface area (TPSA) is 140 Å². The first kappa shape index (κ1) is 19.4. The largest absolute Gasteiger partial charge is 0.397 e. The molecule has 2 aromatic heterocycles. The van der Waals surface area contributed by atoms with Crippen molar-refractivity contribution in [1.29, 1.82) is 0 Å². The smallest absolute Gasteiger partial charge is 0.260 e. The van der Waals surface area contributed by atoms with E-state index in [9.17, 15) is 9.59 Å². The second-order valence-electron chi connectivity index (χ2n) is 6.89. The second kappa shape index (κ2) is 8.10. The van der Waals surface area contributed by atoms with Gasteiger partial charge in [0.15, 0.2) is 0 Å². The number of pyridine rings is 1. The summed E-state index contributed by atoms with van der Waals surface area (Å²) in [5, 5.41) is 4.05. The highest BCUT2D eigenvalue weighted by atomic mass is 32.1. The molecule has 0 unspecified atom stereocenters. The van der Waals surface area contributed by atoms with Gasteiger partial charge in [-0.15, -0.1) is 11.3 Å². The van der Waals surface area contributed by atoms with E-state index < -0.39 is 5.91 Å². The molecular formula is C18H26N6O2S. The fraction of sp³-hybridized carbons (Fsp3) is 0.500. The Labute approximate surface area is 162 Å². The van der Waals surface area contributed by atoms with Crippen LogP contribution in [-0.2, 0) is 11.2 Å². The number of carbonyl (C=O) groups is 2. The Balaban J connectivity index is 1.85. The van der Waals surface area contributed by atoms with Crippen LogP contribution >= 0.6 is 11.3 Å². The normalized spacial score (nSPS) is 15.4. The number of amides is 2. The molecule has 2 aromatic rings. The molecule has 0 saturated carbocycles. The van der Waals surface area contributed by atoms with Gasteiger partial charge in [-0.1, -0.05) is 13.3 Å². The molecule has 0 aliphatic carbocycles. The summed E-state index contributed by atoms with van der Waals surface area (Å²) >= 11 is 1.26. The number of aromatic nitrogens is 1. The van der Waals surface area contributed by atoms with Crippen molar-refractivity contribution >= 4 is 44.9 Å². The number of nitrogens with zero attached hydrogens (tertiary/aromatic N) is 2. The molecule has 1 aliphatic heterocycles. The molecule has 1 aliphatic rings. The van der Waals surface area contributed by atoms with E-state index in [2.05, 4.69) is 23.2 Å². The summed E-state index contributed by atoms with van der Waals surface area (Å²) in [6.07, 6.45) is 3.66. The van der Waals surface area contributed by atoms with Gasteiger partial charge in [0.2, 0.25) is 5.91 Å². The minimum Gasteiger partial charge on any atom is -0.397 e. The van der Waals surface area contributed by atoms with Crippen LogP contribution in [0.3, 0.4) is 0 Å². The van der Waals surface area contributed by atoms with Crippen molar-refractivity contribution in [3.63, 3.8) is 0 Å². The highest BCUT2D eigenvalue weighted by molar-refractivity contribution is 7.21. The van der Waals surface area contributed by atoms with Crippen LogP contribution in [-0.4, -0.2) is 42.5 Å². The van der Waals surface area contributed by atoms with E-state index in [0.717, 1.165) is 60.4 Å². The van der Waals surface area contributed by atoms with Crippen LogP contribution in [0.25, 0.3) is 10.2 Å². The van der Waals surface area contributed by atoms with Crippen LogP contribution in [0.1, 0.15) is 41.4 Å². The molecule has 7 N–H and O–H groups in total. The van der Waals surface area contributed by atoms with Gasteiger partial charge in [0.25, 0.3) is 5.91 Å². The summed E-state index contributed by atoms with van der Waals surface area (Å²) in [7, 11) is 0. The van der Waals surface area contributed by atoms with E-state index in [4.69, 9.17) is 22.2 Å². The van der Waals surface area contributed by atoms with Crippen molar-refractivity contribution < 1.29 is 9.59 Å². The average molecular weight is 391 g/mol. The number of anilines is 2. The number of carbonyl (C=O) groups excluding carboxylic acids is 2.